The molecule has 6 nitrogen and oxygen atoms in total. The first-order valence-corrected chi connectivity index (χ1v) is 36.2. The van der Waals surface area contributed by atoms with Gasteiger partial charge in [0.1, 0.15) is 13.2 Å². The first-order valence-electron chi connectivity index (χ1n) is 36.2. The van der Waals surface area contributed by atoms with Crippen LogP contribution in [0.5, 0.6) is 0 Å². The van der Waals surface area contributed by atoms with Crippen molar-refractivity contribution < 1.29 is 28.6 Å². The molecule has 0 aliphatic heterocycles. The van der Waals surface area contributed by atoms with Crippen molar-refractivity contribution in [2.45, 2.75) is 425 Å². The van der Waals surface area contributed by atoms with Crippen molar-refractivity contribution in [2.75, 3.05) is 13.2 Å². The summed E-state index contributed by atoms with van der Waals surface area (Å²) in [7, 11) is 0. The SMILES string of the molecule is CCCCCCCC/C=C\CCCCCCCC(=O)OCC(COC(=O)CCCCCCCCCCCCCCCCCCCCCCCCCCC)OC(=O)CCCCCCCCCCCCCCCCCCCCCCC. The largest absolute Gasteiger partial charge is 0.462 e. The second-order valence-electron chi connectivity index (χ2n) is 24.9. The first kappa shape index (κ1) is 77.2. The lowest BCUT2D eigenvalue weighted by Gasteiger charge is -2.18. The van der Waals surface area contributed by atoms with E-state index < -0.39 is 6.10 Å². The number of esters is 3. The first-order chi connectivity index (χ1) is 39.0. The molecule has 0 fully saturated rings. The number of hydrogen-bond donors (Lipinski definition) is 0. The zero-order valence-corrected chi connectivity index (χ0v) is 53.9. The molecule has 6 heteroatoms. The van der Waals surface area contributed by atoms with Crippen LogP contribution >= 0.6 is 0 Å². The van der Waals surface area contributed by atoms with Gasteiger partial charge in [0.25, 0.3) is 0 Å². The summed E-state index contributed by atoms with van der Waals surface area (Å²) in [5.74, 6) is -0.837. The lowest BCUT2D eigenvalue weighted by molar-refractivity contribution is -0.167. The average molecular weight is 1110 g/mol. The molecule has 0 aromatic carbocycles. The van der Waals surface area contributed by atoms with Gasteiger partial charge in [-0.15, -0.1) is 0 Å². The van der Waals surface area contributed by atoms with Gasteiger partial charge in [-0.25, -0.2) is 0 Å². The van der Waals surface area contributed by atoms with Gasteiger partial charge in [-0.05, 0) is 44.9 Å². The Bertz CT molecular complexity index is 1230. The topological polar surface area (TPSA) is 78.9 Å². The molecule has 0 aliphatic carbocycles. The molecule has 0 saturated heterocycles. The quantitative estimate of drug-likeness (QED) is 0.0261. The molecule has 0 saturated carbocycles. The van der Waals surface area contributed by atoms with E-state index in [0.717, 1.165) is 64.2 Å². The minimum absolute atomic E-state index is 0.0655. The van der Waals surface area contributed by atoms with E-state index in [-0.39, 0.29) is 31.1 Å². The van der Waals surface area contributed by atoms with Gasteiger partial charge in [0.2, 0.25) is 0 Å². The second-order valence-corrected chi connectivity index (χ2v) is 24.9. The fourth-order valence-corrected chi connectivity index (χ4v) is 11.3. The number of carbonyl (C=O) groups is 3. The van der Waals surface area contributed by atoms with E-state index in [1.54, 1.807) is 0 Å². The number of hydrogen-bond acceptors (Lipinski definition) is 6. The number of unbranched alkanes of at least 4 members (excludes halogenated alkanes) is 55. The van der Waals surface area contributed by atoms with Gasteiger partial charge in [-0.2, -0.15) is 0 Å². The molecule has 1 unspecified atom stereocenters. The summed E-state index contributed by atoms with van der Waals surface area (Å²) >= 11 is 0. The summed E-state index contributed by atoms with van der Waals surface area (Å²) in [5, 5.41) is 0. The highest BCUT2D eigenvalue weighted by atomic mass is 16.6. The van der Waals surface area contributed by atoms with Crippen molar-refractivity contribution >= 4 is 17.9 Å². The van der Waals surface area contributed by atoms with Crippen LogP contribution in [0, 0.1) is 0 Å². The monoisotopic (exact) mass is 1110 g/mol. The molecule has 0 heterocycles. The molecule has 0 aromatic heterocycles. The molecular formula is C73H140O6. The summed E-state index contributed by atoms with van der Waals surface area (Å²) in [5.41, 5.74) is 0. The van der Waals surface area contributed by atoms with Crippen molar-refractivity contribution in [2.24, 2.45) is 0 Å². The molecule has 0 aromatic rings. The molecule has 468 valence electrons. The molecule has 0 spiro atoms. The Morgan fingerprint density at radius 3 is 0.633 bits per heavy atom. The third-order valence-corrected chi connectivity index (χ3v) is 16.8. The zero-order valence-electron chi connectivity index (χ0n) is 53.9. The van der Waals surface area contributed by atoms with E-state index >= 15 is 0 Å². The molecule has 0 aliphatic rings. The van der Waals surface area contributed by atoms with Gasteiger partial charge in [-0.3, -0.25) is 14.4 Å². The minimum Gasteiger partial charge on any atom is -0.462 e. The van der Waals surface area contributed by atoms with E-state index in [1.807, 2.05) is 0 Å². The molecule has 0 N–H and O–H groups in total. The Morgan fingerprint density at radius 1 is 0.241 bits per heavy atom. The van der Waals surface area contributed by atoms with Crippen LogP contribution in [0.4, 0.5) is 0 Å². The van der Waals surface area contributed by atoms with Gasteiger partial charge in [0.05, 0.1) is 0 Å². The summed E-state index contributed by atoms with van der Waals surface area (Å²) < 4.78 is 17.0. The summed E-state index contributed by atoms with van der Waals surface area (Å²) in [6.45, 7) is 6.73. The molecule has 0 amide bonds. The average Bonchev–Trinajstić information content (AvgIpc) is 3.45. The van der Waals surface area contributed by atoms with Gasteiger partial charge >= 0.3 is 17.9 Å². The second kappa shape index (κ2) is 68.6. The van der Waals surface area contributed by atoms with E-state index in [1.165, 1.54) is 315 Å². The number of allylic oxidation sites excluding steroid dienone is 2. The van der Waals surface area contributed by atoms with Crippen LogP contribution < -0.4 is 0 Å². The minimum atomic E-state index is -0.770. The number of ether oxygens (including phenoxy) is 3. The van der Waals surface area contributed by atoms with Crippen LogP contribution in [0.2, 0.25) is 0 Å². The highest BCUT2D eigenvalue weighted by molar-refractivity contribution is 5.71. The molecule has 0 bridgehead atoms. The Kier molecular flexibility index (Phi) is 67.0. The third kappa shape index (κ3) is 66.8. The molecule has 0 rings (SSSR count). The van der Waals surface area contributed by atoms with Crippen LogP contribution in [0.3, 0.4) is 0 Å². The maximum Gasteiger partial charge on any atom is 0.306 e. The predicted octanol–water partition coefficient (Wildman–Crippen LogP) is 24.8. The molecule has 79 heavy (non-hydrogen) atoms. The Morgan fingerprint density at radius 2 is 0.418 bits per heavy atom. The Labute approximate surface area is 494 Å². The highest BCUT2D eigenvalue weighted by Gasteiger charge is 2.19. The Hall–Kier alpha value is -1.85. The fraction of sp³-hybridized carbons (Fsp3) is 0.932. The molecule has 1 atom stereocenters. The maximum atomic E-state index is 13.0. The number of carbonyl (C=O) groups excluding carboxylic acids is 3. The fourth-order valence-electron chi connectivity index (χ4n) is 11.3. The van der Waals surface area contributed by atoms with E-state index in [2.05, 4.69) is 32.9 Å². The smallest absolute Gasteiger partial charge is 0.306 e. The van der Waals surface area contributed by atoms with Gasteiger partial charge in [0.15, 0.2) is 6.10 Å². The van der Waals surface area contributed by atoms with Crippen molar-refractivity contribution in [1.82, 2.24) is 0 Å². The lowest BCUT2D eigenvalue weighted by Crippen LogP contribution is -2.30. The van der Waals surface area contributed by atoms with Crippen LogP contribution in [0.25, 0.3) is 0 Å². The van der Waals surface area contributed by atoms with Crippen molar-refractivity contribution in [3.05, 3.63) is 12.2 Å². The zero-order chi connectivity index (χ0) is 57.1. The van der Waals surface area contributed by atoms with E-state index in [4.69, 9.17) is 14.2 Å². The van der Waals surface area contributed by atoms with E-state index in [9.17, 15) is 14.4 Å². The summed E-state index contributed by atoms with van der Waals surface area (Å²) in [4.78, 5) is 38.5. The highest BCUT2D eigenvalue weighted by Crippen LogP contribution is 2.19. The molecule has 0 radical (unpaired) electrons. The predicted molar refractivity (Wildman–Crippen MR) is 344 cm³/mol. The van der Waals surface area contributed by atoms with Gasteiger partial charge in [0, 0.05) is 19.3 Å². The maximum absolute atomic E-state index is 13.0. The van der Waals surface area contributed by atoms with Gasteiger partial charge in [-0.1, -0.05) is 367 Å². The standard InChI is InChI=1S/C73H140O6/c1-4-7-10-13-16-19-22-25-28-30-32-34-35-36-37-39-40-42-45-48-51-54-57-60-63-66-72(75)78-69-70(68-77-71(74)65-62-59-56-53-50-47-44-27-24-21-18-15-12-9-6-3)79-73(76)67-64-61-58-55-52-49-46-43-41-38-33-31-29-26-23-20-17-14-11-8-5-2/h27,44,70H,4-26,28-43,45-69H2,1-3H3/b44-27-. The normalized spacial score (nSPS) is 12.0. The summed E-state index contributed by atoms with van der Waals surface area (Å²) in [6.07, 6.45) is 82.5. The van der Waals surface area contributed by atoms with Crippen LogP contribution in [-0.4, -0.2) is 37.2 Å². The Balaban J connectivity index is 4.23. The lowest BCUT2D eigenvalue weighted by atomic mass is 10.0. The van der Waals surface area contributed by atoms with Crippen molar-refractivity contribution in [3.63, 3.8) is 0 Å². The van der Waals surface area contributed by atoms with Gasteiger partial charge < -0.3 is 14.2 Å². The summed E-state index contributed by atoms with van der Waals surface area (Å²) in [6, 6.07) is 0. The number of rotatable bonds is 68. The van der Waals surface area contributed by atoms with Crippen molar-refractivity contribution in [1.29, 1.82) is 0 Å². The van der Waals surface area contributed by atoms with Crippen LogP contribution in [0.15, 0.2) is 12.2 Å². The molecular weight excluding hydrogens is 973 g/mol. The van der Waals surface area contributed by atoms with Crippen molar-refractivity contribution in [3.8, 4) is 0 Å². The van der Waals surface area contributed by atoms with Crippen LogP contribution in [-0.2, 0) is 28.6 Å². The van der Waals surface area contributed by atoms with Crippen LogP contribution in [0.1, 0.15) is 419 Å². The third-order valence-electron chi connectivity index (χ3n) is 16.8. The van der Waals surface area contributed by atoms with E-state index in [0.29, 0.717) is 19.3 Å².